The lowest BCUT2D eigenvalue weighted by atomic mass is 10.2. The Hall–Kier alpha value is -2.20. The standard InChI is InChI=1S/C10H7FN2O/c1-14-10-5-7(3-2-4-12)8(11)6-9(10)13/h5-6H,13H2,1H3. The van der Waals surface area contributed by atoms with Gasteiger partial charge in [-0.1, -0.05) is 0 Å². The van der Waals surface area contributed by atoms with Gasteiger partial charge in [-0.25, -0.2) is 4.39 Å². The van der Waals surface area contributed by atoms with E-state index >= 15 is 0 Å². The maximum Gasteiger partial charge on any atom is 0.152 e. The highest BCUT2D eigenvalue weighted by atomic mass is 19.1. The summed E-state index contributed by atoms with van der Waals surface area (Å²) in [7, 11) is 1.42. The molecule has 3 nitrogen and oxygen atoms in total. The van der Waals surface area contributed by atoms with Gasteiger partial charge in [-0.15, -0.1) is 0 Å². The van der Waals surface area contributed by atoms with E-state index in [1.165, 1.54) is 13.2 Å². The summed E-state index contributed by atoms with van der Waals surface area (Å²) in [5, 5.41) is 8.20. The zero-order valence-corrected chi connectivity index (χ0v) is 7.47. The second-order valence-electron chi connectivity index (χ2n) is 2.44. The van der Waals surface area contributed by atoms with Gasteiger partial charge in [0.1, 0.15) is 11.6 Å². The molecule has 0 aromatic heterocycles. The zero-order valence-electron chi connectivity index (χ0n) is 7.47. The van der Waals surface area contributed by atoms with Crippen molar-refractivity contribution < 1.29 is 9.13 Å². The second-order valence-corrected chi connectivity index (χ2v) is 2.44. The fourth-order valence-electron chi connectivity index (χ4n) is 0.937. The number of halogens is 1. The molecule has 0 fully saturated rings. The normalized spacial score (nSPS) is 8.36. The summed E-state index contributed by atoms with van der Waals surface area (Å²) < 4.78 is 18.0. The third-order valence-corrected chi connectivity index (χ3v) is 1.57. The van der Waals surface area contributed by atoms with E-state index < -0.39 is 5.82 Å². The lowest BCUT2D eigenvalue weighted by Crippen LogP contribution is -1.95. The largest absolute Gasteiger partial charge is 0.495 e. The fraction of sp³-hybridized carbons (Fsp3) is 0.100. The van der Waals surface area contributed by atoms with Gasteiger partial charge >= 0.3 is 0 Å². The number of nitrogens with zero attached hydrogens (tertiary/aromatic N) is 1. The molecule has 0 unspecified atom stereocenters. The Morgan fingerprint density at radius 2 is 2.21 bits per heavy atom. The van der Waals surface area contributed by atoms with E-state index in [0.29, 0.717) is 5.75 Å². The second kappa shape index (κ2) is 4.15. The van der Waals surface area contributed by atoms with Crippen molar-refractivity contribution in [3.8, 4) is 23.7 Å². The summed E-state index contributed by atoms with van der Waals surface area (Å²) in [6, 6.07) is 4.06. The molecule has 0 spiro atoms. The van der Waals surface area contributed by atoms with Gasteiger partial charge in [0, 0.05) is 18.1 Å². The number of anilines is 1. The molecule has 14 heavy (non-hydrogen) atoms. The molecular weight excluding hydrogens is 183 g/mol. The first-order valence-corrected chi connectivity index (χ1v) is 3.72. The van der Waals surface area contributed by atoms with Crippen LogP contribution in [0.1, 0.15) is 5.56 Å². The summed E-state index contributed by atoms with van der Waals surface area (Å²) in [6.45, 7) is 0. The van der Waals surface area contributed by atoms with Crippen molar-refractivity contribution in [2.75, 3.05) is 12.8 Å². The van der Waals surface area contributed by atoms with Crippen LogP contribution in [0.2, 0.25) is 0 Å². The van der Waals surface area contributed by atoms with Crippen LogP contribution in [0, 0.1) is 29.0 Å². The van der Waals surface area contributed by atoms with Crippen molar-refractivity contribution in [3.05, 3.63) is 23.5 Å². The molecular formula is C10H7FN2O. The minimum Gasteiger partial charge on any atom is -0.495 e. The molecule has 0 saturated heterocycles. The molecule has 1 aromatic rings. The van der Waals surface area contributed by atoms with Crippen molar-refractivity contribution in [1.82, 2.24) is 0 Å². The number of nitrogens with two attached hydrogens (primary N) is 1. The molecule has 2 N–H and O–H groups in total. The van der Waals surface area contributed by atoms with E-state index in [9.17, 15) is 4.39 Å². The summed E-state index contributed by atoms with van der Waals surface area (Å²) >= 11 is 0. The smallest absolute Gasteiger partial charge is 0.152 e. The average Bonchev–Trinajstić information content (AvgIpc) is 2.17. The van der Waals surface area contributed by atoms with Crippen LogP contribution >= 0.6 is 0 Å². The summed E-state index contributed by atoms with van der Waals surface area (Å²) in [4.78, 5) is 0. The topological polar surface area (TPSA) is 59.0 Å². The van der Waals surface area contributed by atoms with Crippen LogP contribution < -0.4 is 10.5 Å². The van der Waals surface area contributed by atoms with E-state index in [1.54, 1.807) is 6.07 Å². The monoisotopic (exact) mass is 190 g/mol. The van der Waals surface area contributed by atoms with E-state index in [0.717, 1.165) is 6.07 Å². The predicted molar refractivity (Wildman–Crippen MR) is 49.9 cm³/mol. The number of nitrogen functional groups attached to an aromatic ring is 1. The van der Waals surface area contributed by atoms with Gasteiger partial charge in [-0.05, 0) is 5.92 Å². The fourth-order valence-corrected chi connectivity index (χ4v) is 0.937. The summed E-state index contributed by atoms with van der Waals surface area (Å²) in [5.41, 5.74) is 5.75. The van der Waals surface area contributed by atoms with Gasteiger partial charge in [0.15, 0.2) is 6.07 Å². The minimum atomic E-state index is -0.564. The Morgan fingerprint density at radius 1 is 1.50 bits per heavy atom. The number of hydrogen-bond donors (Lipinski definition) is 1. The molecule has 0 aliphatic heterocycles. The number of benzene rings is 1. The number of hydrogen-bond acceptors (Lipinski definition) is 3. The molecule has 0 atom stereocenters. The average molecular weight is 190 g/mol. The first-order valence-electron chi connectivity index (χ1n) is 3.72. The molecule has 0 radical (unpaired) electrons. The number of nitriles is 1. The molecule has 0 aliphatic carbocycles. The highest BCUT2D eigenvalue weighted by molar-refractivity contribution is 5.57. The molecule has 70 valence electrons. The first-order chi connectivity index (χ1) is 6.69. The molecule has 1 rings (SSSR count). The number of ether oxygens (including phenoxy) is 1. The molecule has 0 saturated carbocycles. The van der Waals surface area contributed by atoms with Crippen LogP contribution in [-0.2, 0) is 0 Å². The lowest BCUT2D eigenvalue weighted by Gasteiger charge is -2.04. The van der Waals surface area contributed by atoms with Crippen molar-refractivity contribution >= 4 is 5.69 Å². The van der Waals surface area contributed by atoms with Crippen LogP contribution in [0.25, 0.3) is 0 Å². The predicted octanol–water partition coefficient (Wildman–Crippen LogP) is 1.29. The molecule has 1 aromatic carbocycles. The Morgan fingerprint density at radius 3 is 2.79 bits per heavy atom. The van der Waals surface area contributed by atoms with Gasteiger partial charge in [-0.3, -0.25) is 0 Å². The third kappa shape index (κ3) is 1.94. The molecule has 0 aliphatic rings. The minimum absolute atomic E-state index is 0.0950. The number of methoxy groups -OCH3 is 1. The SMILES string of the molecule is COc1cc(C#CC#N)c(F)cc1N. The quantitative estimate of drug-likeness (QED) is 0.536. The third-order valence-electron chi connectivity index (χ3n) is 1.57. The van der Waals surface area contributed by atoms with Gasteiger partial charge in [0.05, 0.1) is 18.4 Å². The van der Waals surface area contributed by atoms with Crippen LogP contribution in [0.15, 0.2) is 12.1 Å². The lowest BCUT2D eigenvalue weighted by molar-refractivity contribution is 0.416. The van der Waals surface area contributed by atoms with Crippen LogP contribution in [0.3, 0.4) is 0 Å². The Balaban J connectivity index is 3.25. The van der Waals surface area contributed by atoms with E-state index in [2.05, 4.69) is 11.8 Å². The van der Waals surface area contributed by atoms with Crippen molar-refractivity contribution in [3.63, 3.8) is 0 Å². The van der Waals surface area contributed by atoms with Gasteiger partial charge in [0.25, 0.3) is 0 Å². The van der Waals surface area contributed by atoms with Gasteiger partial charge in [0.2, 0.25) is 0 Å². The molecule has 4 heteroatoms. The summed E-state index contributed by atoms with van der Waals surface area (Å²) in [6.07, 6.45) is 0. The van der Waals surface area contributed by atoms with E-state index in [4.69, 9.17) is 15.7 Å². The molecule has 0 amide bonds. The zero-order chi connectivity index (χ0) is 10.6. The van der Waals surface area contributed by atoms with Crippen molar-refractivity contribution in [2.45, 2.75) is 0 Å². The maximum absolute atomic E-state index is 13.1. The van der Waals surface area contributed by atoms with Crippen LogP contribution in [-0.4, -0.2) is 7.11 Å². The maximum atomic E-state index is 13.1. The highest BCUT2D eigenvalue weighted by Crippen LogP contribution is 2.24. The first kappa shape index (κ1) is 9.88. The van der Waals surface area contributed by atoms with Gasteiger partial charge in [-0.2, -0.15) is 5.26 Å². The molecule has 0 heterocycles. The van der Waals surface area contributed by atoms with Gasteiger partial charge < -0.3 is 10.5 Å². The summed E-state index contributed by atoms with van der Waals surface area (Å²) in [5.74, 6) is 4.22. The number of rotatable bonds is 1. The van der Waals surface area contributed by atoms with E-state index in [1.807, 2.05) is 0 Å². The molecule has 0 bridgehead atoms. The van der Waals surface area contributed by atoms with Crippen molar-refractivity contribution in [1.29, 1.82) is 5.26 Å². The Bertz CT molecular complexity index is 452. The van der Waals surface area contributed by atoms with Crippen molar-refractivity contribution in [2.24, 2.45) is 0 Å². The van der Waals surface area contributed by atoms with E-state index in [-0.39, 0.29) is 11.3 Å². The Labute approximate surface area is 80.9 Å². The Kier molecular flexibility index (Phi) is 2.93. The van der Waals surface area contributed by atoms with Crippen LogP contribution in [0.4, 0.5) is 10.1 Å². The highest BCUT2D eigenvalue weighted by Gasteiger charge is 2.05. The van der Waals surface area contributed by atoms with Crippen LogP contribution in [0.5, 0.6) is 5.75 Å².